The van der Waals surface area contributed by atoms with Gasteiger partial charge in [-0.3, -0.25) is 4.68 Å². The van der Waals surface area contributed by atoms with Crippen molar-refractivity contribution in [3.63, 3.8) is 0 Å². The fourth-order valence-corrected chi connectivity index (χ4v) is 2.97. The van der Waals surface area contributed by atoms with Crippen molar-refractivity contribution in [3.05, 3.63) is 39.3 Å². The molecule has 0 aliphatic heterocycles. The van der Waals surface area contributed by atoms with Gasteiger partial charge in [0.15, 0.2) is 0 Å². The lowest BCUT2D eigenvalue weighted by atomic mass is 10.2. The summed E-state index contributed by atoms with van der Waals surface area (Å²) in [5, 5.41) is 10.3. The van der Waals surface area contributed by atoms with E-state index >= 15 is 0 Å². The van der Waals surface area contributed by atoms with E-state index in [0.717, 1.165) is 31.7 Å². The molecule has 0 saturated heterocycles. The molecule has 1 N–H and O–H groups in total. The zero-order chi connectivity index (χ0) is 13.7. The molecule has 0 fully saturated rings. The molecule has 3 nitrogen and oxygen atoms in total. The molecule has 2 heterocycles. The van der Waals surface area contributed by atoms with Crippen LogP contribution in [-0.4, -0.2) is 16.3 Å². The number of aromatic nitrogens is 2. The monoisotopic (exact) mass is 277 g/mol. The van der Waals surface area contributed by atoms with Crippen LogP contribution in [0, 0.1) is 13.8 Å². The van der Waals surface area contributed by atoms with Gasteiger partial charge in [-0.2, -0.15) is 5.10 Å². The number of nitrogens with one attached hydrogen (secondary N) is 1. The quantitative estimate of drug-likeness (QED) is 0.787. The normalized spacial score (nSPS) is 11.1. The highest BCUT2D eigenvalue weighted by molar-refractivity contribution is 7.09. The first kappa shape index (κ1) is 14.3. The summed E-state index contributed by atoms with van der Waals surface area (Å²) < 4.78 is 2.15. The lowest BCUT2D eigenvalue weighted by Crippen LogP contribution is -2.15. The number of aryl methyl sites for hydroxylation is 3. The van der Waals surface area contributed by atoms with Gasteiger partial charge in [-0.25, -0.2) is 0 Å². The standard InChI is InChI=1S/C15H23N3S/c1-4-8-16-11-15-12(2)17-18(13(15)3)9-7-14-6-5-10-19-14/h5-6,10,16H,4,7-9,11H2,1-3H3. The Kier molecular flexibility index (Phi) is 5.16. The van der Waals surface area contributed by atoms with E-state index < -0.39 is 0 Å². The Labute approximate surface area is 119 Å². The molecule has 0 radical (unpaired) electrons. The SMILES string of the molecule is CCCNCc1c(C)nn(CCc2cccs2)c1C. The van der Waals surface area contributed by atoms with E-state index in [-0.39, 0.29) is 0 Å². The second-order valence-electron chi connectivity index (χ2n) is 4.88. The highest BCUT2D eigenvalue weighted by Crippen LogP contribution is 2.15. The van der Waals surface area contributed by atoms with Crippen molar-refractivity contribution in [3.8, 4) is 0 Å². The topological polar surface area (TPSA) is 29.9 Å². The molecule has 2 rings (SSSR count). The average Bonchev–Trinajstić information content (AvgIpc) is 2.99. The van der Waals surface area contributed by atoms with Crippen molar-refractivity contribution in [2.45, 2.75) is 46.7 Å². The molecule has 0 aliphatic rings. The predicted octanol–water partition coefficient (Wildman–Crippen LogP) is 3.30. The number of thiophene rings is 1. The molecular weight excluding hydrogens is 254 g/mol. The highest BCUT2D eigenvalue weighted by atomic mass is 32.1. The summed E-state index contributed by atoms with van der Waals surface area (Å²) in [6.07, 6.45) is 2.24. The van der Waals surface area contributed by atoms with E-state index in [9.17, 15) is 0 Å². The molecule has 104 valence electrons. The zero-order valence-electron chi connectivity index (χ0n) is 12.1. The van der Waals surface area contributed by atoms with Gasteiger partial charge >= 0.3 is 0 Å². The van der Waals surface area contributed by atoms with Crippen molar-refractivity contribution < 1.29 is 0 Å². The molecule has 0 unspecified atom stereocenters. The van der Waals surface area contributed by atoms with Crippen molar-refractivity contribution >= 4 is 11.3 Å². The summed E-state index contributed by atoms with van der Waals surface area (Å²) in [6.45, 7) is 9.46. The van der Waals surface area contributed by atoms with E-state index in [1.54, 1.807) is 0 Å². The van der Waals surface area contributed by atoms with E-state index in [4.69, 9.17) is 0 Å². The fraction of sp³-hybridized carbons (Fsp3) is 0.533. The molecule has 2 aromatic rings. The Morgan fingerprint density at radius 3 is 2.89 bits per heavy atom. The molecule has 19 heavy (non-hydrogen) atoms. The Hall–Kier alpha value is -1.13. The molecule has 0 saturated carbocycles. The summed E-state index contributed by atoms with van der Waals surface area (Å²) in [5.41, 5.74) is 3.82. The Morgan fingerprint density at radius 1 is 1.37 bits per heavy atom. The van der Waals surface area contributed by atoms with Gasteiger partial charge in [0.1, 0.15) is 0 Å². The van der Waals surface area contributed by atoms with E-state index in [2.05, 4.69) is 53.4 Å². The lowest BCUT2D eigenvalue weighted by molar-refractivity contribution is 0.595. The maximum absolute atomic E-state index is 4.67. The molecule has 0 amide bonds. The van der Waals surface area contributed by atoms with Gasteiger partial charge < -0.3 is 5.32 Å². The molecule has 0 bridgehead atoms. The molecule has 0 aromatic carbocycles. The van der Waals surface area contributed by atoms with Crippen LogP contribution < -0.4 is 5.32 Å². The summed E-state index contributed by atoms with van der Waals surface area (Å²) in [6, 6.07) is 4.31. The number of hydrogen-bond acceptors (Lipinski definition) is 3. The summed E-state index contributed by atoms with van der Waals surface area (Å²) >= 11 is 1.82. The molecule has 0 atom stereocenters. The molecular formula is C15H23N3S. The number of nitrogens with zero attached hydrogens (tertiary/aromatic N) is 2. The van der Waals surface area contributed by atoms with E-state index in [1.807, 2.05) is 11.3 Å². The van der Waals surface area contributed by atoms with E-state index in [1.165, 1.54) is 22.6 Å². The van der Waals surface area contributed by atoms with Crippen LogP contribution in [0.2, 0.25) is 0 Å². The van der Waals surface area contributed by atoms with Crippen molar-refractivity contribution in [2.75, 3.05) is 6.54 Å². The van der Waals surface area contributed by atoms with Crippen molar-refractivity contribution in [1.82, 2.24) is 15.1 Å². The summed E-state index contributed by atoms with van der Waals surface area (Å²) in [7, 11) is 0. The van der Waals surface area contributed by atoms with Gasteiger partial charge in [0.05, 0.1) is 5.69 Å². The van der Waals surface area contributed by atoms with Crippen LogP contribution in [-0.2, 0) is 19.5 Å². The van der Waals surface area contributed by atoms with Crippen LogP contribution in [0.5, 0.6) is 0 Å². The molecule has 4 heteroatoms. The van der Waals surface area contributed by atoms with Crippen LogP contribution in [0.25, 0.3) is 0 Å². The van der Waals surface area contributed by atoms with Gasteiger partial charge in [0.25, 0.3) is 0 Å². The number of hydrogen-bond donors (Lipinski definition) is 1. The average molecular weight is 277 g/mol. The maximum atomic E-state index is 4.67. The number of rotatable bonds is 7. The Bertz CT molecular complexity index is 500. The van der Waals surface area contributed by atoms with Crippen LogP contribution in [0.1, 0.15) is 35.2 Å². The minimum absolute atomic E-state index is 0.935. The lowest BCUT2D eigenvalue weighted by Gasteiger charge is -2.05. The largest absolute Gasteiger partial charge is 0.313 e. The third-order valence-corrected chi connectivity index (χ3v) is 4.35. The maximum Gasteiger partial charge on any atom is 0.0641 e. The Balaban J connectivity index is 1.99. The van der Waals surface area contributed by atoms with Gasteiger partial charge in [-0.05, 0) is 38.3 Å². The first-order valence-electron chi connectivity index (χ1n) is 6.98. The Morgan fingerprint density at radius 2 is 2.21 bits per heavy atom. The van der Waals surface area contributed by atoms with Crippen LogP contribution >= 0.6 is 11.3 Å². The molecule has 0 aliphatic carbocycles. The van der Waals surface area contributed by atoms with E-state index in [0.29, 0.717) is 0 Å². The molecule has 2 aromatic heterocycles. The van der Waals surface area contributed by atoms with Crippen LogP contribution in [0.15, 0.2) is 17.5 Å². The summed E-state index contributed by atoms with van der Waals surface area (Å²) in [4.78, 5) is 1.43. The zero-order valence-corrected chi connectivity index (χ0v) is 12.9. The first-order valence-corrected chi connectivity index (χ1v) is 7.86. The second-order valence-corrected chi connectivity index (χ2v) is 5.91. The van der Waals surface area contributed by atoms with Crippen LogP contribution in [0.3, 0.4) is 0 Å². The highest BCUT2D eigenvalue weighted by Gasteiger charge is 2.10. The van der Waals surface area contributed by atoms with Gasteiger partial charge in [0.2, 0.25) is 0 Å². The van der Waals surface area contributed by atoms with Gasteiger partial charge in [0, 0.05) is 35.6 Å². The predicted molar refractivity (Wildman–Crippen MR) is 81.7 cm³/mol. The van der Waals surface area contributed by atoms with Gasteiger partial charge in [-0.15, -0.1) is 11.3 Å². The molecule has 0 spiro atoms. The fourth-order valence-electron chi connectivity index (χ4n) is 2.27. The van der Waals surface area contributed by atoms with Gasteiger partial charge in [-0.1, -0.05) is 13.0 Å². The smallest absolute Gasteiger partial charge is 0.0641 e. The van der Waals surface area contributed by atoms with Crippen molar-refractivity contribution in [1.29, 1.82) is 0 Å². The third-order valence-electron chi connectivity index (χ3n) is 3.41. The minimum Gasteiger partial charge on any atom is -0.313 e. The first-order chi connectivity index (χ1) is 9.22. The van der Waals surface area contributed by atoms with Crippen LogP contribution in [0.4, 0.5) is 0 Å². The third kappa shape index (κ3) is 3.67. The minimum atomic E-state index is 0.935. The summed E-state index contributed by atoms with van der Waals surface area (Å²) in [5.74, 6) is 0. The van der Waals surface area contributed by atoms with Crippen molar-refractivity contribution in [2.24, 2.45) is 0 Å². The second kappa shape index (κ2) is 6.87.